The van der Waals surface area contributed by atoms with Crippen LogP contribution in [0.4, 0.5) is 0 Å². The van der Waals surface area contributed by atoms with Gasteiger partial charge in [0.2, 0.25) is 0 Å². The maximum absolute atomic E-state index is 9.88. The second-order valence-corrected chi connectivity index (χ2v) is 1.41. The van der Waals surface area contributed by atoms with Crippen molar-refractivity contribution >= 4 is 11.9 Å². The molecular weight excluding hydrogens is 144 g/mol. The Morgan fingerprint density at radius 3 is 1.71 bits per heavy atom. The van der Waals surface area contributed by atoms with Gasteiger partial charge in [-0.25, -0.2) is 0 Å². The van der Waals surface area contributed by atoms with Gasteiger partial charge in [0.15, 0.2) is 0 Å². The first-order valence-corrected chi connectivity index (χ1v) is 2.26. The fraction of sp³-hybridized carbons (Fsp3) is 0. The van der Waals surface area contributed by atoms with Crippen molar-refractivity contribution < 1.29 is 32.8 Å². The summed E-state index contributed by atoms with van der Waals surface area (Å²) in [4.78, 5) is 19.8. The van der Waals surface area contributed by atoms with E-state index >= 15 is 0 Å². The van der Waals surface area contributed by atoms with Gasteiger partial charge in [0.25, 0.3) is 0 Å². The van der Waals surface area contributed by atoms with E-state index in [4.69, 9.17) is 0 Å². The Hall–Kier alpha value is -0.541. The van der Waals surface area contributed by atoms with Crippen molar-refractivity contribution in [2.45, 2.75) is 0 Å². The SMILES string of the molecule is O=C1[O][Fe][O]C1=O. The van der Waals surface area contributed by atoms with Crippen molar-refractivity contribution in [2.24, 2.45) is 0 Å². The molecule has 0 radical (unpaired) electrons. The van der Waals surface area contributed by atoms with E-state index in [1.54, 1.807) is 0 Å². The van der Waals surface area contributed by atoms with Crippen molar-refractivity contribution in [2.75, 3.05) is 0 Å². The summed E-state index contributed by atoms with van der Waals surface area (Å²) in [5, 5.41) is 0. The summed E-state index contributed by atoms with van der Waals surface area (Å²) in [5.74, 6) is -1.81. The molecule has 40 valence electrons. The first kappa shape index (κ1) is 4.61. The summed E-state index contributed by atoms with van der Waals surface area (Å²) < 4.78 is 8.11. The Morgan fingerprint density at radius 2 is 1.57 bits per heavy atom. The van der Waals surface area contributed by atoms with Gasteiger partial charge in [-0.2, -0.15) is 0 Å². The van der Waals surface area contributed by atoms with Crippen LogP contribution in [-0.2, 0) is 32.8 Å². The summed E-state index contributed by atoms with van der Waals surface area (Å²) in [5.41, 5.74) is 0. The number of rotatable bonds is 0. The summed E-state index contributed by atoms with van der Waals surface area (Å²) in [7, 11) is 0. The molecule has 1 saturated heterocycles. The molecule has 7 heavy (non-hydrogen) atoms. The molecule has 1 aliphatic heterocycles. The number of carbonyl (C=O) groups excluding carboxylic acids is 2. The van der Waals surface area contributed by atoms with Crippen LogP contribution in [0, 0.1) is 0 Å². The van der Waals surface area contributed by atoms with Crippen LogP contribution in [0.15, 0.2) is 0 Å². The molecule has 0 saturated carbocycles. The van der Waals surface area contributed by atoms with Gasteiger partial charge >= 0.3 is 44.8 Å². The zero-order valence-corrected chi connectivity index (χ0v) is 4.09. The molecule has 5 heteroatoms. The summed E-state index contributed by atoms with van der Waals surface area (Å²) in [6.45, 7) is 0. The van der Waals surface area contributed by atoms with Crippen LogP contribution >= 0.6 is 0 Å². The Bertz CT molecular complexity index is 105. The van der Waals surface area contributed by atoms with Gasteiger partial charge in [-0.15, -0.1) is 0 Å². The van der Waals surface area contributed by atoms with Crippen LogP contribution in [0.2, 0.25) is 0 Å². The monoisotopic (exact) mass is 144 g/mol. The molecule has 1 rings (SSSR count). The second kappa shape index (κ2) is 1.52. The molecule has 1 heterocycles. The normalized spacial score (nSPS) is 20.0. The molecule has 0 aromatic rings. The minimum absolute atomic E-state index is 0.225. The van der Waals surface area contributed by atoms with Crippen molar-refractivity contribution in [3.8, 4) is 0 Å². The third-order valence-corrected chi connectivity index (χ3v) is 0.950. The van der Waals surface area contributed by atoms with E-state index in [-0.39, 0.29) is 15.6 Å². The average Bonchev–Trinajstić information content (AvgIpc) is 1.91. The number of hydrogen-bond acceptors (Lipinski definition) is 4. The molecule has 0 bridgehead atoms. The average molecular weight is 144 g/mol. The van der Waals surface area contributed by atoms with Gasteiger partial charge in [-0.05, 0) is 0 Å². The van der Waals surface area contributed by atoms with Gasteiger partial charge in [-0.1, -0.05) is 0 Å². The fourth-order valence-electron chi connectivity index (χ4n) is 0.127. The van der Waals surface area contributed by atoms with E-state index in [0.29, 0.717) is 0 Å². The van der Waals surface area contributed by atoms with E-state index in [1.165, 1.54) is 0 Å². The maximum atomic E-state index is 9.88. The Labute approximate surface area is 45.6 Å². The predicted molar refractivity (Wildman–Crippen MR) is 12.2 cm³/mol. The predicted octanol–water partition coefficient (Wildman–Crippen LogP) is -1.00. The fourth-order valence-corrected chi connectivity index (χ4v) is 0.524. The molecule has 0 aromatic heterocycles. The standard InChI is InChI=1S/C2H2O4.Fe/c3-1(4)2(5)6;/h(H,3,4)(H,5,6);/q;+2/p-2. The summed E-state index contributed by atoms with van der Waals surface area (Å²) in [6.07, 6.45) is 0. The molecule has 0 aliphatic carbocycles. The molecule has 4 nitrogen and oxygen atoms in total. The first-order chi connectivity index (χ1) is 3.30. The molecule has 0 N–H and O–H groups in total. The molecule has 0 aromatic carbocycles. The first-order valence-electron chi connectivity index (χ1n) is 1.36. The number of carbonyl (C=O) groups is 2. The third kappa shape index (κ3) is 0.730. The Kier molecular flexibility index (Phi) is 1.00. The van der Waals surface area contributed by atoms with E-state index in [9.17, 15) is 9.59 Å². The quantitative estimate of drug-likeness (QED) is 0.323. The molecule has 1 fully saturated rings. The van der Waals surface area contributed by atoms with Crippen molar-refractivity contribution in [3.63, 3.8) is 0 Å². The van der Waals surface area contributed by atoms with Crippen molar-refractivity contribution in [1.82, 2.24) is 0 Å². The van der Waals surface area contributed by atoms with Gasteiger partial charge in [0, 0.05) is 0 Å². The molecular formula is C2FeO4. The van der Waals surface area contributed by atoms with Gasteiger partial charge < -0.3 is 0 Å². The topological polar surface area (TPSA) is 52.6 Å². The van der Waals surface area contributed by atoms with Crippen molar-refractivity contribution in [1.29, 1.82) is 0 Å². The third-order valence-electron chi connectivity index (χ3n) is 0.357. The Morgan fingerprint density at radius 1 is 1.14 bits per heavy atom. The number of hydrogen-bond donors (Lipinski definition) is 0. The molecule has 0 atom stereocenters. The van der Waals surface area contributed by atoms with E-state index in [0.717, 1.165) is 0 Å². The van der Waals surface area contributed by atoms with Gasteiger partial charge in [-0.3, -0.25) is 0 Å². The van der Waals surface area contributed by atoms with E-state index in [1.807, 2.05) is 0 Å². The van der Waals surface area contributed by atoms with Crippen molar-refractivity contribution in [3.05, 3.63) is 0 Å². The van der Waals surface area contributed by atoms with Crippen LogP contribution < -0.4 is 0 Å². The summed E-state index contributed by atoms with van der Waals surface area (Å²) in [6, 6.07) is 0. The molecule has 0 unspecified atom stereocenters. The second-order valence-electron chi connectivity index (χ2n) is 0.778. The zero-order chi connectivity index (χ0) is 5.28. The molecule has 0 amide bonds. The van der Waals surface area contributed by atoms with E-state index in [2.05, 4.69) is 7.64 Å². The minimum atomic E-state index is -0.903. The van der Waals surface area contributed by atoms with E-state index < -0.39 is 11.9 Å². The molecule has 0 spiro atoms. The van der Waals surface area contributed by atoms with Crippen LogP contribution in [0.5, 0.6) is 0 Å². The van der Waals surface area contributed by atoms with Crippen LogP contribution in [-0.4, -0.2) is 11.9 Å². The molecule has 1 aliphatic rings. The van der Waals surface area contributed by atoms with Crippen LogP contribution in [0.1, 0.15) is 0 Å². The zero-order valence-electron chi connectivity index (χ0n) is 2.99. The Balaban J connectivity index is 2.65. The van der Waals surface area contributed by atoms with Crippen LogP contribution in [0.3, 0.4) is 0 Å². The van der Waals surface area contributed by atoms with Gasteiger partial charge in [0.05, 0.1) is 0 Å². The van der Waals surface area contributed by atoms with Crippen LogP contribution in [0.25, 0.3) is 0 Å². The van der Waals surface area contributed by atoms with Gasteiger partial charge in [0.1, 0.15) is 0 Å². The summed E-state index contributed by atoms with van der Waals surface area (Å²) >= 11 is -0.225.